The number of fused-ring (bicyclic) bond motifs is 1. The van der Waals surface area contributed by atoms with Crippen LogP contribution in [-0.2, 0) is 30.4 Å². The molecule has 1 aliphatic rings. The average Bonchev–Trinajstić information content (AvgIpc) is 3.54. The zero-order chi connectivity index (χ0) is 27.8. The minimum atomic E-state index is -1.32. The molecule has 1 fully saturated rings. The largest absolute Gasteiger partial charge is 0.481 e. The van der Waals surface area contributed by atoms with Crippen molar-refractivity contribution in [1.29, 1.82) is 0 Å². The summed E-state index contributed by atoms with van der Waals surface area (Å²) >= 11 is 0. The van der Waals surface area contributed by atoms with Gasteiger partial charge in [0.15, 0.2) is 0 Å². The van der Waals surface area contributed by atoms with Crippen LogP contribution in [0.15, 0.2) is 30.5 Å². The van der Waals surface area contributed by atoms with Gasteiger partial charge in [0.05, 0.1) is 6.04 Å². The van der Waals surface area contributed by atoms with Crippen LogP contribution in [0.3, 0.4) is 0 Å². The predicted molar refractivity (Wildman–Crippen MR) is 138 cm³/mol. The number of amides is 3. The van der Waals surface area contributed by atoms with Crippen LogP contribution in [0.5, 0.6) is 0 Å². The maximum atomic E-state index is 13.1. The summed E-state index contributed by atoms with van der Waals surface area (Å²) in [4.78, 5) is 65.1. The Morgan fingerprint density at radius 1 is 1.00 bits per heavy atom. The van der Waals surface area contributed by atoms with Gasteiger partial charge in [-0.3, -0.25) is 19.2 Å². The summed E-state index contributed by atoms with van der Waals surface area (Å²) in [6.07, 6.45) is 2.46. The van der Waals surface area contributed by atoms with E-state index >= 15 is 0 Å². The van der Waals surface area contributed by atoms with Crippen LogP contribution in [0.1, 0.15) is 45.1 Å². The van der Waals surface area contributed by atoms with Gasteiger partial charge < -0.3 is 36.5 Å². The molecular weight excluding hydrogens is 494 g/mol. The van der Waals surface area contributed by atoms with Crippen molar-refractivity contribution in [2.75, 3.05) is 6.54 Å². The molecule has 1 aliphatic heterocycles. The molecule has 3 rings (SSSR count). The van der Waals surface area contributed by atoms with E-state index in [9.17, 15) is 29.1 Å². The molecule has 0 spiro atoms. The molecule has 38 heavy (non-hydrogen) atoms. The highest BCUT2D eigenvalue weighted by Crippen LogP contribution is 2.19. The number of aromatic nitrogens is 1. The summed E-state index contributed by atoms with van der Waals surface area (Å²) in [5, 5.41) is 30.5. The molecule has 206 valence electrons. The predicted octanol–water partition coefficient (Wildman–Crippen LogP) is 0.522. The summed E-state index contributed by atoms with van der Waals surface area (Å²) in [5.74, 6) is -4.57. The molecule has 0 saturated carbocycles. The van der Waals surface area contributed by atoms with Crippen LogP contribution in [0.25, 0.3) is 10.9 Å². The molecule has 2 heterocycles. The van der Waals surface area contributed by atoms with Gasteiger partial charge in [0.1, 0.15) is 18.1 Å². The van der Waals surface area contributed by atoms with Crippen molar-refractivity contribution < 1.29 is 34.2 Å². The Hall–Kier alpha value is -3.93. The van der Waals surface area contributed by atoms with Crippen LogP contribution in [0.2, 0.25) is 0 Å². The van der Waals surface area contributed by atoms with Gasteiger partial charge in [-0.1, -0.05) is 32.0 Å². The molecule has 1 saturated heterocycles. The van der Waals surface area contributed by atoms with Crippen molar-refractivity contribution >= 4 is 40.6 Å². The first-order valence-electron chi connectivity index (χ1n) is 12.7. The zero-order valence-corrected chi connectivity index (χ0v) is 21.5. The SMILES string of the molecule is CC(C)C(NC(=O)C1CCCN1)C(=O)NC(CCC(=O)O)C(=O)NC(Cc1c[nH]c2ccccc12)C(=O)O. The lowest BCUT2D eigenvalue weighted by atomic mass is 10.0. The molecule has 7 N–H and O–H groups in total. The Bertz CT molecular complexity index is 1170. The second-order valence-electron chi connectivity index (χ2n) is 9.84. The third kappa shape index (κ3) is 7.54. The number of rotatable bonds is 13. The third-order valence-corrected chi connectivity index (χ3v) is 6.62. The van der Waals surface area contributed by atoms with Crippen molar-refractivity contribution in [3.05, 3.63) is 36.0 Å². The molecule has 12 heteroatoms. The minimum absolute atomic E-state index is 0.0241. The average molecular weight is 530 g/mol. The second-order valence-corrected chi connectivity index (χ2v) is 9.84. The maximum absolute atomic E-state index is 13.1. The number of aromatic amines is 1. The Kier molecular flexibility index (Phi) is 9.83. The number of aliphatic carboxylic acids is 2. The number of carbonyl (C=O) groups excluding carboxylic acids is 3. The number of hydrogen-bond acceptors (Lipinski definition) is 6. The fourth-order valence-electron chi connectivity index (χ4n) is 4.49. The molecule has 1 aromatic carbocycles. The number of benzene rings is 1. The van der Waals surface area contributed by atoms with Crippen LogP contribution in [0.4, 0.5) is 0 Å². The number of carboxylic acids is 2. The molecule has 1 aromatic heterocycles. The number of carbonyl (C=O) groups is 5. The van der Waals surface area contributed by atoms with Crippen LogP contribution in [0, 0.1) is 5.92 Å². The van der Waals surface area contributed by atoms with Crippen LogP contribution in [-0.4, -0.2) is 75.6 Å². The molecule has 2 aromatic rings. The Morgan fingerprint density at radius 2 is 1.71 bits per heavy atom. The Labute approximate surface area is 219 Å². The van der Waals surface area contributed by atoms with Crippen molar-refractivity contribution in [3.8, 4) is 0 Å². The summed E-state index contributed by atoms with van der Waals surface area (Å²) in [6.45, 7) is 4.18. The summed E-state index contributed by atoms with van der Waals surface area (Å²) < 4.78 is 0. The number of hydrogen-bond donors (Lipinski definition) is 7. The van der Waals surface area contributed by atoms with Gasteiger partial charge >= 0.3 is 11.9 Å². The lowest BCUT2D eigenvalue weighted by Gasteiger charge is -2.27. The monoisotopic (exact) mass is 529 g/mol. The van der Waals surface area contributed by atoms with E-state index < -0.39 is 54.3 Å². The van der Waals surface area contributed by atoms with E-state index in [4.69, 9.17) is 5.11 Å². The van der Waals surface area contributed by atoms with Crippen molar-refractivity contribution in [2.45, 2.75) is 70.1 Å². The molecule has 0 radical (unpaired) electrons. The molecule has 0 bridgehead atoms. The topological polar surface area (TPSA) is 190 Å². The molecule has 0 aliphatic carbocycles. The van der Waals surface area contributed by atoms with Gasteiger partial charge in [-0.25, -0.2) is 4.79 Å². The summed E-state index contributed by atoms with van der Waals surface area (Å²) in [5.41, 5.74) is 1.50. The molecular formula is C26H35N5O7. The lowest BCUT2D eigenvalue weighted by Crippen LogP contribution is -2.58. The minimum Gasteiger partial charge on any atom is -0.481 e. The van der Waals surface area contributed by atoms with Crippen molar-refractivity contribution in [3.63, 3.8) is 0 Å². The summed E-state index contributed by atoms with van der Waals surface area (Å²) in [6, 6.07) is 3.33. The zero-order valence-electron chi connectivity index (χ0n) is 21.5. The Morgan fingerprint density at radius 3 is 2.34 bits per heavy atom. The fourth-order valence-corrected chi connectivity index (χ4v) is 4.49. The van der Waals surface area contributed by atoms with Crippen LogP contribution < -0.4 is 21.3 Å². The molecule has 4 atom stereocenters. The second kappa shape index (κ2) is 13.0. The Balaban J connectivity index is 1.72. The fraction of sp³-hybridized carbons (Fsp3) is 0.500. The number of nitrogens with one attached hydrogen (secondary N) is 5. The molecule has 4 unspecified atom stereocenters. The highest BCUT2D eigenvalue weighted by Gasteiger charge is 2.33. The van der Waals surface area contributed by atoms with Gasteiger partial charge in [0.2, 0.25) is 17.7 Å². The smallest absolute Gasteiger partial charge is 0.326 e. The lowest BCUT2D eigenvalue weighted by molar-refractivity contribution is -0.143. The maximum Gasteiger partial charge on any atom is 0.326 e. The van der Waals surface area contributed by atoms with E-state index in [1.807, 2.05) is 24.3 Å². The van der Waals surface area contributed by atoms with Gasteiger partial charge in [-0.05, 0) is 43.4 Å². The van der Waals surface area contributed by atoms with E-state index in [1.54, 1.807) is 20.0 Å². The van der Waals surface area contributed by atoms with Gasteiger partial charge in [0.25, 0.3) is 0 Å². The normalized spacial score (nSPS) is 17.5. The number of carboxylic acid groups (broad SMARTS) is 2. The third-order valence-electron chi connectivity index (χ3n) is 6.62. The van der Waals surface area contributed by atoms with Crippen molar-refractivity contribution in [2.24, 2.45) is 5.92 Å². The molecule has 12 nitrogen and oxygen atoms in total. The van der Waals surface area contributed by atoms with E-state index in [0.29, 0.717) is 18.5 Å². The number of para-hydroxylation sites is 1. The van der Waals surface area contributed by atoms with E-state index in [1.165, 1.54) is 0 Å². The highest BCUT2D eigenvalue weighted by molar-refractivity contribution is 5.94. The van der Waals surface area contributed by atoms with Gasteiger partial charge in [-0.15, -0.1) is 0 Å². The van der Waals surface area contributed by atoms with Crippen molar-refractivity contribution in [1.82, 2.24) is 26.3 Å². The first kappa shape index (κ1) is 28.6. The highest BCUT2D eigenvalue weighted by atomic mass is 16.4. The van der Waals surface area contributed by atoms with Gasteiger partial charge in [0, 0.05) is 29.9 Å². The summed E-state index contributed by atoms with van der Waals surface area (Å²) in [7, 11) is 0. The van der Waals surface area contributed by atoms with E-state index in [-0.39, 0.29) is 24.7 Å². The first-order valence-corrected chi connectivity index (χ1v) is 12.7. The number of H-pyrrole nitrogens is 1. The molecule has 3 amide bonds. The van der Waals surface area contributed by atoms with E-state index in [0.717, 1.165) is 17.3 Å². The van der Waals surface area contributed by atoms with Crippen LogP contribution >= 0.6 is 0 Å². The quantitative estimate of drug-likeness (QED) is 0.195. The standard InChI is InChI=1S/C26H35N5O7/c1-14(2)22(31-23(34)18-8-5-11-27-18)25(36)29-19(9-10-21(32)33)24(35)30-20(26(37)38)12-15-13-28-17-7-4-3-6-16(15)17/h3-4,6-7,13-14,18-20,22,27-28H,5,8-12H2,1-2H3,(H,29,36)(H,30,35)(H,31,34)(H,32,33)(H,37,38). The van der Waals surface area contributed by atoms with Gasteiger partial charge in [-0.2, -0.15) is 0 Å². The first-order chi connectivity index (χ1) is 18.1. The van der Waals surface area contributed by atoms with E-state index in [2.05, 4.69) is 26.3 Å².